The van der Waals surface area contributed by atoms with Crippen molar-refractivity contribution in [1.29, 1.82) is 0 Å². The van der Waals surface area contributed by atoms with Crippen molar-refractivity contribution in [3.63, 3.8) is 0 Å². The lowest BCUT2D eigenvalue weighted by Crippen LogP contribution is -2.35. The molecule has 34 heavy (non-hydrogen) atoms. The van der Waals surface area contributed by atoms with Gasteiger partial charge in [0, 0.05) is 44.5 Å². The minimum absolute atomic E-state index is 0.0637. The van der Waals surface area contributed by atoms with Crippen LogP contribution in [0.1, 0.15) is 96.8 Å². The molecule has 0 aromatic carbocycles. The molecule has 9 nitrogen and oxygen atoms in total. The van der Waals surface area contributed by atoms with E-state index in [9.17, 15) is 14.4 Å². The molecule has 0 saturated carbocycles. The fourth-order valence-corrected chi connectivity index (χ4v) is 3.31. The van der Waals surface area contributed by atoms with Crippen LogP contribution in [0, 0.1) is 5.41 Å². The van der Waals surface area contributed by atoms with Crippen LogP contribution >= 0.6 is 0 Å². The van der Waals surface area contributed by atoms with E-state index >= 15 is 0 Å². The zero-order valence-corrected chi connectivity index (χ0v) is 20.9. The summed E-state index contributed by atoms with van der Waals surface area (Å²) in [5.74, 6) is -0.997. The predicted octanol–water partition coefficient (Wildman–Crippen LogP) is 3.06. The quantitative estimate of drug-likeness (QED) is 0.112. The van der Waals surface area contributed by atoms with Crippen molar-refractivity contribution in [2.45, 2.75) is 96.8 Å². The molecule has 9 heteroatoms. The Morgan fingerprint density at radius 3 is 1.32 bits per heavy atom. The predicted molar refractivity (Wildman–Crippen MR) is 127 cm³/mol. The fourth-order valence-electron chi connectivity index (χ4n) is 3.31. The first-order valence-corrected chi connectivity index (χ1v) is 12.7. The molecule has 0 aromatic heterocycles. The molecular weight excluding hydrogens is 444 g/mol. The number of aliphatic hydroxyl groups excluding tert-OH is 3. The van der Waals surface area contributed by atoms with Gasteiger partial charge in [-0.1, -0.05) is 26.2 Å². The van der Waals surface area contributed by atoms with E-state index in [1.807, 2.05) is 6.92 Å². The van der Waals surface area contributed by atoms with Crippen molar-refractivity contribution in [1.82, 2.24) is 0 Å². The van der Waals surface area contributed by atoms with Gasteiger partial charge in [-0.2, -0.15) is 0 Å². The summed E-state index contributed by atoms with van der Waals surface area (Å²) in [6.07, 6.45) is 7.86. The molecule has 0 fully saturated rings. The summed E-state index contributed by atoms with van der Waals surface area (Å²) < 4.78 is 16.3. The molecule has 0 spiro atoms. The van der Waals surface area contributed by atoms with Crippen LogP contribution in [-0.4, -0.2) is 72.9 Å². The number of aliphatic hydroxyl groups is 3. The summed E-state index contributed by atoms with van der Waals surface area (Å²) in [5, 5.41) is 26.5. The highest BCUT2D eigenvalue weighted by Gasteiger charge is 2.32. The average molecular weight is 491 g/mol. The molecule has 0 saturated heterocycles. The van der Waals surface area contributed by atoms with Gasteiger partial charge >= 0.3 is 17.9 Å². The Hall–Kier alpha value is -1.71. The molecule has 200 valence electrons. The Kier molecular flexibility index (Phi) is 20.7. The molecular formula is C25H46O9. The normalized spacial score (nSPS) is 11.3. The van der Waals surface area contributed by atoms with Gasteiger partial charge in [-0.15, -0.1) is 0 Å². The Morgan fingerprint density at radius 2 is 0.971 bits per heavy atom. The number of ether oxygens (including phenoxy) is 3. The number of carbonyl (C=O) groups is 3. The molecule has 0 rings (SSSR count). The molecule has 0 amide bonds. The van der Waals surface area contributed by atoms with Crippen LogP contribution < -0.4 is 0 Å². The Labute approximate surface area is 204 Å². The van der Waals surface area contributed by atoms with Crippen LogP contribution in [0.5, 0.6) is 0 Å². The summed E-state index contributed by atoms with van der Waals surface area (Å²) in [7, 11) is 0. The highest BCUT2D eigenvalue weighted by atomic mass is 16.6. The number of hydrogen-bond acceptors (Lipinski definition) is 9. The first-order chi connectivity index (χ1) is 16.4. The van der Waals surface area contributed by atoms with Gasteiger partial charge in [-0.05, 0) is 51.4 Å². The molecule has 0 radical (unpaired) electrons. The second-order valence-corrected chi connectivity index (χ2v) is 8.75. The van der Waals surface area contributed by atoms with Crippen LogP contribution in [-0.2, 0) is 28.6 Å². The van der Waals surface area contributed by atoms with E-state index in [-0.39, 0.29) is 76.8 Å². The summed E-state index contributed by atoms with van der Waals surface area (Å²) in [6.45, 7) is 2.48. The van der Waals surface area contributed by atoms with Gasteiger partial charge < -0.3 is 29.5 Å². The van der Waals surface area contributed by atoms with E-state index in [2.05, 4.69) is 0 Å². The minimum Gasteiger partial charge on any atom is -0.466 e. The highest BCUT2D eigenvalue weighted by Crippen LogP contribution is 2.29. The Bertz CT molecular complexity index is 508. The molecule has 0 heterocycles. The average Bonchev–Trinajstić information content (AvgIpc) is 2.84. The molecule has 0 bridgehead atoms. The molecule has 0 unspecified atom stereocenters. The standard InChI is InChI=1S/C25H46O9/c1-2-25(20-33-23(30)13-7-4-10-17-27,21-34-24(31)14-8-5-11-18-28)15-19-32-22(29)12-6-3-9-16-26/h26-28H,2-21H2,1H3. The number of carbonyl (C=O) groups excluding carboxylic acids is 3. The highest BCUT2D eigenvalue weighted by molar-refractivity contribution is 5.70. The van der Waals surface area contributed by atoms with Gasteiger partial charge in [0.2, 0.25) is 0 Å². The smallest absolute Gasteiger partial charge is 0.305 e. The van der Waals surface area contributed by atoms with Gasteiger partial charge in [0.05, 0.1) is 6.61 Å². The van der Waals surface area contributed by atoms with Gasteiger partial charge in [-0.3, -0.25) is 14.4 Å². The van der Waals surface area contributed by atoms with Crippen molar-refractivity contribution in [2.75, 3.05) is 39.6 Å². The third kappa shape index (κ3) is 17.7. The topological polar surface area (TPSA) is 140 Å². The van der Waals surface area contributed by atoms with E-state index in [4.69, 9.17) is 29.5 Å². The zero-order chi connectivity index (χ0) is 25.5. The number of unbranched alkanes of at least 4 members (excludes halogenated alkanes) is 6. The third-order valence-electron chi connectivity index (χ3n) is 5.84. The Balaban J connectivity index is 4.74. The maximum absolute atomic E-state index is 12.1. The van der Waals surface area contributed by atoms with E-state index in [1.54, 1.807) is 0 Å². The second kappa shape index (κ2) is 21.8. The van der Waals surface area contributed by atoms with Gasteiger partial charge in [0.15, 0.2) is 0 Å². The van der Waals surface area contributed by atoms with Gasteiger partial charge in [0.25, 0.3) is 0 Å². The van der Waals surface area contributed by atoms with Crippen LogP contribution in [0.3, 0.4) is 0 Å². The van der Waals surface area contributed by atoms with E-state index in [0.29, 0.717) is 51.4 Å². The van der Waals surface area contributed by atoms with Crippen molar-refractivity contribution in [2.24, 2.45) is 5.41 Å². The molecule has 0 aliphatic carbocycles. The van der Waals surface area contributed by atoms with Gasteiger partial charge in [-0.25, -0.2) is 0 Å². The van der Waals surface area contributed by atoms with Crippen LogP contribution in [0.25, 0.3) is 0 Å². The third-order valence-corrected chi connectivity index (χ3v) is 5.84. The minimum atomic E-state index is -0.654. The SMILES string of the molecule is CCC(CCOC(=O)CCCCCO)(COC(=O)CCCCCO)COC(=O)CCCCCO. The van der Waals surface area contributed by atoms with Crippen molar-refractivity contribution >= 4 is 17.9 Å². The first-order valence-electron chi connectivity index (χ1n) is 12.7. The first kappa shape index (κ1) is 32.3. The van der Waals surface area contributed by atoms with Crippen LogP contribution in [0.4, 0.5) is 0 Å². The van der Waals surface area contributed by atoms with E-state index < -0.39 is 5.41 Å². The zero-order valence-electron chi connectivity index (χ0n) is 20.9. The summed E-state index contributed by atoms with van der Waals surface area (Å²) >= 11 is 0. The number of hydrogen-bond donors (Lipinski definition) is 3. The molecule has 3 N–H and O–H groups in total. The van der Waals surface area contributed by atoms with E-state index in [0.717, 1.165) is 19.3 Å². The Morgan fingerprint density at radius 1 is 0.588 bits per heavy atom. The summed E-state index contributed by atoms with van der Waals surface area (Å²) in [4.78, 5) is 36.3. The molecule has 0 aliphatic rings. The maximum atomic E-state index is 12.1. The second-order valence-electron chi connectivity index (χ2n) is 8.75. The number of esters is 3. The van der Waals surface area contributed by atoms with Crippen LogP contribution in [0.15, 0.2) is 0 Å². The van der Waals surface area contributed by atoms with Crippen molar-refractivity contribution in [3.8, 4) is 0 Å². The lowest BCUT2D eigenvalue weighted by Gasteiger charge is -2.31. The van der Waals surface area contributed by atoms with E-state index in [1.165, 1.54) is 0 Å². The molecule has 0 atom stereocenters. The molecule has 0 aliphatic heterocycles. The van der Waals surface area contributed by atoms with Crippen molar-refractivity contribution < 1.29 is 43.9 Å². The lowest BCUT2D eigenvalue weighted by molar-refractivity contribution is -0.158. The maximum Gasteiger partial charge on any atom is 0.305 e. The summed E-state index contributed by atoms with van der Waals surface area (Å²) in [6, 6.07) is 0. The summed E-state index contributed by atoms with van der Waals surface area (Å²) in [5.41, 5.74) is -0.654. The van der Waals surface area contributed by atoms with Crippen molar-refractivity contribution in [3.05, 3.63) is 0 Å². The monoisotopic (exact) mass is 490 g/mol. The largest absolute Gasteiger partial charge is 0.466 e. The lowest BCUT2D eigenvalue weighted by atomic mass is 9.83. The number of rotatable bonds is 23. The van der Waals surface area contributed by atoms with Gasteiger partial charge in [0.1, 0.15) is 13.2 Å². The van der Waals surface area contributed by atoms with Crippen LogP contribution in [0.2, 0.25) is 0 Å². The fraction of sp³-hybridized carbons (Fsp3) is 0.880. The molecule has 0 aromatic rings.